The molecule has 0 heterocycles. The minimum Gasteiger partial charge on any atom is -0.0986 e. The maximum absolute atomic E-state index is 6.19. The minimum absolute atomic E-state index is 0.564. The molecule has 2 bridgehead atoms. The van der Waals surface area contributed by atoms with Gasteiger partial charge in [0.15, 0.2) is 0 Å². The van der Waals surface area contributed by atoms with E-state index in [1.54, 1.807) is 0 Å². The van der Waals surface area contributed by atoms with Crippen LogP contribution >= 0.6 is 11.6 Å². The van der Waals surface area contributed by atoms with Crippen LogP contribution in [0.5, 0.6) is 0 Å². The van der Waals surface area contributed by atoms with Gasteiger partial charge < -0.3 is 0 Å². The van der Waals surface area contributed by atoms with Crippen molar-refractivity contribution >= 4 is 11.6 Å². The molecule has 0 aliphatic heterocycles. The van der Waals surface area contributed by atoms with E-state index in [-0.39, 0.29) is 0 Å². The third-order valence-electron chi connectivity index (χ3n) is 3.45. The molecule has 1 aromatic rings. The summed E-state index contributed by atoms with van der Waals surface area (Å²) >= 11 is 6.19. The van der Waals surface area contributed by atoms with Crippen molar-refractivity contribution in [1.29, 1.82) is 0 Å². The number of hydrogen-bond acceptors (Lipinski definition) is 0. The summed E-state index contributed by atoms with van der Waals surface area (Å²) in [6.45, 7) is 4.18. The second-order valence-electron chi connectivity index (χ2n) is 4.00. The monoisotopic (exact) mass is 190 g/mol. The standard InChI is InChI=1S/C12H11Cl/c1-7-8-5-6-9(7)12-10(8)3-2-4-11(12)13/h2-4,8-9H,1,5-6H2. The first kappa shape index (κ1) is 7.64. The van der Waals surface area contributed by atoms with E-state index in [1.807, 2.05) is 6.07 Å². The Hall–Kier alpha value is -0.750. The Morgan fingerprint density at radius 1 is 1.23 bits per heavy atom. The lowest BCUT2D eigenvalue weighted by Gasteiger charge is -2.14. The average Bonchev–Trinajstić information content (AvgIpc) is 2.61. The summed E-state index contributed by atoms with van der Waals surface area (Å²) in [6.07, 6.45) is 2.52. The predicted molar refractivity (Wildman–Crippen MR) is 55.3 cm³/mol. The van der Waals surface area contributed by atoms with Gasteiger partial charge in [-0.25, -0.2) is 0 Å². The van der Waals surface area contributed by atoms with Crippen molar-refractivity contribution in [2.45, 2.75) is 24.7 Å². The molecule has 66 valence electrons. The quantitative estimate of drug-likeness (QED) is 0.545. The van der Waals surface area contributed by atoms with E-state index in [0.29, 0.717) is 11.8 Å². The van der Waals surface area contributed by atoms with Gasteiger partial charge in [-0.3, -0.25) is 0 Å². The molecule has 0 amide bonds. The summed E-state index contributed by atoms with van der Waals surface area (Å²) in [7, 11) is 0. The van der Waals surface area contributed by atoms with Crippen LogP contribution in [0.15, 0.2) is 30.4 Å². The highest BCUT2D eigenvalue weighted by Gasteiger charge is 2.41. The molecule has 1 fully saturated rings. The predicted octanol–water partition coefficient (Wildman–Crippen LogP) is 3.87. The van der Waals surface area contributed by atoms with Crippen LogP contribution in [-0.4, -0.2) is 0 Å². The molecule has 0 aromatic heterocycles. The zero-order valence-corrected chi connectivity index (χ0v) is 8.14. The molecular formula is C12H11Cl. The Morgan fingerprint density at radius 2 is 2.00 bits per heavy atom. The normalized spacial score (nSPS) is 29.5. The number of hydrogen-bond donors (Lipinski definition) is 0. The molecule has 2 unspecified atom stereocenters. The molecule has 1 heteroatoms. The number of benzene rings is 1. The maximum atomic E-state index is 6.19. The largest absolute Gasteiger partial charge is 0.0986 e. The first-order valence-corrected chi connectivity index (χ1v) is 5.14. The zero-order valence-electron chi connectivity index (χ0n) is 7.39. The molecule has 0 nitrogen and oxygen atoms in total. The summed E-state index contributed by atoms with van der Waals surface area (Å²) in [5.41, 5.74) is 4.20. The van der Waals surface area contributed by atoms with Gasteiger partial charge in [0.25, 0.3) is 0 Å². The molecule has 2 aliphatic rings. The Kier molecular flexibility index (Phi) is 1.40. The highest BCUT2D eigenvalue weighted by atomic mass is 35.5. The Labute approximate surface area is 83.2 Å². The summed E-state index contributed by atoms with van der Waals surface area (Å²) < 4.78 is 0. The van der Waals surface area contributed by atoms with E-state index in [9.17, 15) is 0 Å². The fraction of sp³-hybridized carbons (Fsp3) is 0.333. The van der Waals surface area contributed by atoms with Crippen LogP contribution in [0.2, 0.25) is 5.02 Å². The minimum atomic E-state index is 0.564. The molecule has 1 saturated carbocycles. The highest BCUT2D eigenvalue weighted by Crippen LogP contribution is 2.57. The first-order valence-electron chi connectivity index (χ1n) is 4.76. The second kappa shape index (κ2) is 2.39. The third-order valence-corrected chi connectivity index (χ3v) is 3.78. The SMILES string of the molecule is C=C1C2CCC1c1c(Cl)cccc12. The Bertz CT molecular complexity index is 392. The van der Waals surface area contributed by atoms with E-state index < -0.39 is 0 Å². The lowest BCUT2D eigenvalue weighted by Crippen LogP contribution is -1.97. The van der Waals surface area contributed by atoms with Crippen LogP contribution < -0.4 is 0 Å². The van der Waals surface area contributed by atoms with Gasteiger partial charge in [-0.2, -0.15) is 0 Å². The van der Waals surface area contributed by atoms with E-state index in [0.717, 1.165) is 5.02 Å². The summed E-state index contributed by atoms with van der Waals surface area (Å²) in [5.74, 6) is 1.17. The molecule has 0 radical (unpaired) electrons. The number of rotatable bonds is 0. The number of allylic oxidation sites excluding steroid dienone is 1. The van der Waals surface area contributed by atoms with Crippen molar-refractivity contribution in [2.24, 2.45) is 0 Å². The molecule has 0 N–H and O–H groups in total. The molecule has 2 aliphatic carbocycles. The van der Waals surface area contributed by atoms with Crippen molar-refractivity contribution < 1.29 is 0 Å². The van der Waals surface area contributed by atoms with Gasteiger partial charge >= 0.3 is 0 Å². The van der Waals surface area contributed by atoms with Gasteiger partial charge in [-0.15, -0.1) is 0 Å². The molecular weight excluding hydrogens is 180 g/mol. The zero-order chi connectivity index (χ0) is 9.00. The molecule has 0 spiro atoms. The molecule has 13 heavy (non-hydrogen) atoms. The van der Waals surface area contributed by atoms with Crippen molar-refractivity contribution in [2.75, 3.05) is 0 Å². The topological polar surface area (TPSA) is 0 Å². The summed E-state index contributed by atoms with van der Waals surface area (Å²) in [5, 5.41) is 0.936. The highest BCUT2D eigenvalue weighted by molar-refractivity contribution is 6.31. The van der Waals surface area contributed by atoms with Gasteiger partial charge in [0.1, 0.15) is 0 Å². The van der Waals surface area contributed by atoms with Crippen LogP contribution in [0.25, 0.3) is 0 Å². The van der Waals surface area contributed by atoms with Gasteiger partial charge in [-0.1, -0.05) is 35.9 Å². The fourth-order valence-electron chi connectivity index (χ4n) is 2.86. The van der Waals surface area contributed by atoms with Crippen molar-refractivity contribution in [3.8, 4) is 0 Å². The lowest BCUT2D eigenvalue weighted by molar-refractivity contribution is 0.717. The number of fused-ring (bicyclic) bond motifs is 5. The van der Waals surface area contributed by atoms with E-state index in [1.165, 1.54) is 29.5 Å². The van der Waals surface area contributed by atoms with Crippen molar-refractivity contribution in [1.82, 2.24) is 0 Å². The summed E-state index contributed by atoms with van der Waals surface area (Å²) in [4.78, 5) is 0. The van der Waals surface area contributed by atoms with Gasteiger partial charge in [0.2, 0.25) is 0 Å². The van der Waals surface area contributed by atoms with E-state index in [2.05, 4.69) is 18.7 Å². The van der Waals surface area contributed by atoms with Crippen molar-refractivity contribution in [3.63, 3.8) is 0 Å². The second-order valence-corrected chi connectivity index (χ2v) is 4.41. The van der Waals surface area contributed by atoms with Gasteiger partial charge in [-0.05, 0) is 30.0 Å². The number of halogens is 1. The Morgan fingerprint density at radius 3 is 2.77 bits per heavy atom. The smallest absolute Gasteiger partial charge is 0.0447 e. The van der Waals surface area contributed by atoms with Crippen LogP contribution in [0.3, 0.4) is 0 Å². The lowest BCUT2D eigenvalue weighted by atomic mass is 9.92. The average molecular weight is 191 g/mol. The third kappa shape index (κ3) is 0.821. The van der Waals surface area contributed by atoms with E-state index >= 15 is 0 Å². The summed E-state index contributed by atoms with van der Waals surface area (Å²) in [6, 6.07) is 6.25. The van der Waals surface area contributed by atoms with Crippen molar-refractivity contribution in [3.05, 3.63) is 46.5 Å². The maximum Gasteiger partial charge on any atom is 0.0447 e. The van der Waals surface area contributed by atoms with Gasteiger partial charge in [0.05, 0.1) is 0 Å². The van der Waals surface area contributed by atoms with Crippen LogP contribution in [0.1, 0.15) is 35.8 Å². The Balaban J connectivity index is 2.30. The van der Waals surface area contributed by atoms with E-state index in [4.69, 9.17) is 11.6 Å². The molecule has 0 saturated heterocycles. The molecule has 1 aromatic carbocycles. The van der Waals surface area contributed by atoms with Crippen LogP contribution in [0.4, 0.5) is 0 Å². The fourth-order valence-corrected chi connectivity index (χ4v) is 3.17. The molecule has 2 atom stereocenters. The molecule has 3 rings (SSSR count). The van der Waals surface area contributed by atoms with Gasteiger partial charge in [0, 0.05) is 16.9 Å². The van der Waals surface area contributed by atoms with Crippen LogP contribution in [0, 0.1) is 0 Å². The first-order chi connectivity index (χ1) is 6.29. The van der Waals surface area contributed by atoms with Crippen LogP contribution in [-0.2, 0) is 0 Å².